The van der Waals surface area contributed by atoms with Crippen molar-refractivity contribution in [3.05, 3.63) is 16.1 Å². The third kappa shape index (κ3) is 3.91. The molecular formula is C12H17N3O4S. The van der Waals surface area contributed by atoms with Crippen LogP contribution in [0.2, 0.25) is 0 Å². The van der Waals surface area contributed by atoms with Crippen molar-refractivity contribution >= 4 is 23.3 Å². The molecule has 0 radical (unpaired) electrons. The Morgan fingerprint density at radius 1 is 1.55 bits per heavy atom. The molecule has 1 fully saturated rings. The average molecular weight is 299 g/mol. The molecule has 0 aliphatic carbocycles. The molecule has 1 aliphatic rings. The van der Waals surface area contributed by atoms with Gasteiger partial charge in [0.25, 0.3) is 0 Å². The zero-order valence-electron chi connectivity index (χ0n) is 11.1. The van der Waals surface area contributed by atoms with Crippen LogP contribution in [0.4, 0.5) is 4.79 Å². The Morgan fingerprint density at radius 3 is 3.00 bits per heavy atom. The van der Waals surface area contributed by atoms with Crippen LogP contribution in [0, 0.1) is 12.8 Å². The number of ether oxygens (including phenoxy) is 1. The van der Waals surface area contributed by atoms with Crippen LogP contribution in [0.25, 0.3) is 0 Å². The molecule has 2 heterocycles. The monoisotopic (exact) mass is 299 g/mol. The number of carboxylic acids is 1. The van der Waals surface area contributed by atoms with E-state index < -0.39 is 17.9 Å². The Labute approximate surface area is 120 Å². The molecule has 8 heteroatoms. The van der Waals surface area contributed by atoms with Gasteiger partial charge in [-0.3, -0.25) is 4.79 Å². The molecule has 2 rings (SSSR count). The predicted molar refractivity (Wildman–Crippen MR) is 72.8 cm³/mol. The summed E-state index contributed by atoms with van der Waals surface area (Å²) < 4.78 is 5.08. The first-order valence-corrected chi connectivity index (χ1v) is 7.20. The van der Waals surface area contributed by atoms with Crippen molar-refractivity contribution in [3.8, 4) is 0 Å². The average Bonchev–Trinajstić information content (AvgIpc) is 2.98. The third-order valence-electron chi connectivity index (χ3n) is 3.01. The molecule has 1 aromatic heterocycles. The quantitative estimate of drug-likeness (QED) is 0.730. The lowest BCUT2D eigenvalue weighted by Crippen LogP contribution is -2.47. The molecule has 0 saturated carbocycles. The standard InChI is InChI=1S/C12H17N3O4S/c1-7-6-20-10(14-7)2-3-13-12(18)15-9-5-19-4-8(9)11(16)17/h6,8-9H,2-5H2,1H3,(H,16,17)(H2,13,15,18). The van der Waals surface area contributed by atoms with E-state index in [-0.39, 0.29) is 19.2 Å². The molecule has 1 aliphatic heterocycles. The van der Waals surface area contributed by atoms with Crippen molar-refractivity contribution in [3.63, 3.8) is 0 Å². The highest BCUT2D eigenvalue weighted by Gasteiger charge is 2.34. The molecule has 110 valence electrons. The van der Waals surface area contributed by atoms with Gasteiger partial charge < -0.3 is 20.5 Å². The highest BCUT2D eigenvalue weighted by Crippen LogP contribution is 2.13. The maximum absolute atomic E-state index is 11.7. The van der Waals surface area contributed by atoms with Crippen molar-refractivity contribution < 1.29 is 19.4 Å². The molecule has 7 nitrogen and oxygen atoms in total. The van der Waals surface area contributed by atoms with E-state index in [9.17, 15) is 9.59 Å². The molecule has 20 heavy (non-hydrogen) atoms. The van der Waals surface area contributed by atoms with Gasteiger partial charge in [0.2, 0.25) is 0 Å². The molecule has 2 unspecified atom stereocenters. The number of amides is 2. The van der Waals surface area contributed by atoms with Crippen LogP contribution in [0.1, 0.15) is 10.7 Å². The molecule has 2 amide bonds. The van der Waals surface area contributed by atoms with Crippen molar-refractivity contribution in [2.45, 2.75) is 19.4 Å². The molecule has 0 bridgehead atoms. The second-order valence-corrected chi connectivity index (χ2v) is 5.56. The van der Waals surface area contributed by atoms with E-state index in [0.29, 0.717) is 13.0 Å². The maximum Gasteiger partial charge on any atom is 0.315 e. The number of urea groups is 1. The van der Waals surface area contributed by atoms with E-state index in [1.54, 1.807) is 11.3 Å². The van der Waals surface area contributed by atoms with Crippen LogP contribution in [-0.2, 0) is 16.0 Å². The molecule has 0 spiro atoms. The minimum absolute atomic E-state index is 0.138. The number of aromatic nitrogens is 1. The van der Waals surface area contributed by atoms with E-state index in [1.807, 2.05) is 12.3 Å². The van der Waals surface area contributed by atoms with Crippen LogP contribution in [0.5, 0.6) is 0 Å². The Morgan fingerprint density at radius 2 is 2.35 bits per heavy atom. The molecule has 0 aromatic carbocycles. The number of carboxylic acid groups (broad SMARTS) is 1. The van der Waals surface area contributed by atoms with Gasteiger partial charge in [0, 0.05) is 24.0 Å². The first-order valence-electron chi connectivity index (χ1n) is 6.32. The lowest BCUT2D eigenvalue weighted by atomic mass is 10.0. The van der Waals surface area contributed by atoms with Crippen molar-refractivity contribution in [1.82, 2.24) is 15.6 Å². The van der Waals surface area contributed by atoms with Gasteiger partial charge in [-0.05, 0) is 6.92 Å². The highest BCUT2D eigenvalue weighted by molar-refractivity contribution is 7.09. The number of thiazole rings is 1. The van der Waals surface area contributed by atoms with Gasteiger partial charge in [-0.15, -0.1) is 11.3 Å². The van der Waals surface area contributed by atoms with E-state index in [2.05, 4.69) is 15.6 Å². The smallest absolute Gasteiger partial charge is 0.315 e. The van der Waals surface area contributed by atoms with E-state index >= 15 is 0 Å². The minimum atomic E-state index is -0.953. The van der Waals surface area contributed by atoms with Gasteiger partial charge in [0.05, 0.1) is 24.3 Å². The van der Waals surface area contributed by atoms with E-state index in [4.69, 9.17) is 9.84 Å². The largest absolute Gasteiger partial charge is 0.481 e. The van der Waals surface area contributed by atoms with Crippen LogP contribution in [-0.4, -0.2) is 47.9 Å². The summed E-state index contributed by atoms with van der Waals surface area (Å²) in [5.41, 5.74) is 0.974. The highest BCUT2D eigenvalue weighted by atomic mass is 32.1. The van der Waals surface area contributed by atoms with Gasteiger partial charge in [-0.25, -0.2) is 9.78 Å². The number of aliphatic carboxylic acids is 1. The second-order valence-electron chi connectivity index (χ2n) is 4.62. The molecule has 1 aromatic rings. The number of hydrogen-bond donors (Lipinski definition) is 3. The van der Waals surface area contributed by atoms with Crippen LogP contribution >= 0.6 is 11.3 Å². The van der Waals surface area contributed by atoms with Crippen molar-refractivity contribution in [2.24, 2.45) is 5.92 Å². The molecule has 2 atom stereocenters. The van der Waals surface area contributed by atoms with E-state index in [0.717, 1.165) is 10.7 Å². The third-order valence-corrected chi connectivity index (χ3v) is 4.03. The van der Waals surface area contributed by atoms with Gasteiger partial charge in [0.1, 0.15) is 5.92 Å². The lowest BCUT2D eigenvalue weighted by Gasteiger charge is -2.15. The minimum Gasteiger partial charge on any atom is -0.481 e. The van der Waals surface area contributed by atoms with Gasteiger partial charge in [-0.1, -0.05) is 0 Å². The van der Waals surface area contributed by atoms with Crippen molar-refractivity contribution in [1.29, 1.82) is 0 Å². The normalized spacial score (nSPS) is 21.6. The SMILES string of the molecule is Cc1csc(CCNC(=O)NC2COCC2C(=O)O)n1. The first kappa shape index (κ1) is 14.7. The Bertz CT molecular complexity index is 491. The fourth-order valence-electron chi connectivity index (χ4n) is 1.96. The number of carbonyl (C=O) groups excluding carboxylic acids is 1. The maximum atomic E-state index is 11.7. The Balaban J connectivity index is 1.71. The second kappa shape index (κ2) is 6.67. The molecular weight excluding hydrogens is 282 g/mol. The predicted octanol–water partition coefficient (Wildman–Crippen LogP) is 0.393. The number of hydrogen-bond acceptors (Lipinski definition) is 5. The fourth-order valence-corrected chi connectivity index (χ4v) is 2.74. The van der Waals surface area contributed by atoms with Crippen LogP contribution < -0.4 is 10.6 Å². The summed E-state index contributed by atoms with van der Waals surface area (Å²) in [6, 6.07) is -0.852. The fraction of sp³-hybridized carbons (Fsp3) is 0.583. The van der Waals surface area contributed by atoms with E-state index in [1.165, 1.54) is 0 Å². The van der Waals surface area contributed by atoms with Crippen LogP contribution in [0.3, 0.4) is 0 Å². The van der Waals surface area contributed by atoms with Crippen LogP contribution in [0.15, 0.2) is 5.38 Å². The summed E-state index contributed by atoms with van der Waals surface area (Å²) >= 11 is 1.56. The number of nitrogens with one attached hydrogen (secondary N) is 2. The number of carbonyl (C=O) groups is 2. The lowest BCUT2D eigenvalue weighted by molar-refractivity contribution is -0.142. The topological polar surface area (TPSA) is 101 Å². The van der Waals surface area contributed by atoms with Crippen molar-refractivity contribution in [2.75, 3.05) is 19.8 Å². The summed E-state index contributed by atoms with van der Waals surface area (Å²) in [6.45, 7) is 2.76. The number of nitrogens with zero attached hydrogens (tertiary/aromatic N) is 1. The Hall–Kier alpha value is -1.67. The summed E-state index contributed by atoms with van der Waals surface area (Å²) in [6.07, 6.45) is 0.662. The number of rotatable bonds is 5. The zero-order chi connectivity index (χ0) is 14.5. The Kier molecular flexibility index (Phi) is 4.91. The zero-order valence-corrected chi connectivity index (χ0v) is 11.9. The van der Waals surface area contributed by atoms with Gasteiger partial charge >= 0.3 is 12.0 Å². The van der Waals surface area contributed by atoms with Gasteiger partial charge in [-0.2, -0.15) is 0 Å². The number of aryl methyl sites for hydroxylation is 1. The molecule has 3 N–H and O–H groups in total. The first-order chi connectivity index (χ1) is 9.56. The summed E-state index contributed by atoms with van der Waals surface area (Å²) in [5.74, 6) is -1.63. The summed E-state index contributed by atoms with van der Waals surface area (Å²) in [7, 11) is 0. The summed E-state index contributed by atoms with van der Waals surface area (Å²) in [5, 5.41) is 17.2. The van der Waals surface area contributed by atoms with Gasteiger partial charge in [0.15, 0.2) is 0 Å². The summed E-state index contributed by atoms with van der Waals surface area (Å²) in [4.78, 5) is 26.9. The molecule has 1 saturated heterocycles.